The Morgan fingerprint density at radius 2 is 2.06 bits per heavy atom. The molecule has 31 heavy (non-hydrogen) atoms. The van der Waals surface area contributed by atoms with Crippen molar-refractivity contribution < 1.29 is 23.1 Å². The summed E-state index contributed by atoms with van der Waals surface area (Å²) in [6, 6.07) is 8.40. The summed E-state index contributed by atoms with van der Waals surface area (Å²) in [4.78, 5) is 25.5. The number of pyridine rings is 1. The van der Waals surface area contributed by atoms with E-state index in [1.807, 2.05) is 0 Å². The van der Waals surface area contributed by atoms with Crippen LogP contribution in [0.5, 0.6) is 0 Å². The number of likely N-dealkylation sites (tertiary alicyclic amines) is 1. The van der Waals surface area contributed by atoms with Gasteiger partial charge in [0.05, 0.1) is 11.7 Å². The summed E-state index contributed by atoms with van der Waals surface area (Å²) in [7, 11) is 0. The van der Waals surface area contributed by atoms with E-state index in [0.717, 1.165) is 0 Å². The van der Waals surface area contributed by atoms with E-state index >= 15 is 0 Å². The monoisotopic (exact) mass is 427 g/mol. The molecule has 3 N–H and O–H groups in total. The van der Waals surface area contributed by atoms with Gasteiger partial charge >= 0.3 is 6.18 Å². The van der Waals surface area contributed by atoms with Crippen molar-refractivity contribution in [2.45, 2.75) is 18.2 Å². The standard InChI is InChI=1S/C21H16F3N5O2/c22-21(23,24)12-29-9-7-20(31,19(29)30)6-4-13-2-1-3-14(10-13)18-27-16-11-26-8-5-15(16)17(25)28-18/h1-3,5,8,10-11,31H,7,9,12H2,(H2,25,27,28)/t20-/m1/s1. The van der Waals surface area contributed by atoms with Crippen molar-refractivity contribution >= 4 is 22.6 Å². The zero-order valence-corrected chi connectivity index (χ0v) is 16.0. The number of halogens is 3. The molecule has 0 aliphatic carbocycles. The highest BCUT2D eigenvalue weighted by Gasteiger charge is 2.47. The molecule has 2 aromatic heterocycles. The highest BCUT2D eigenvalue weighted by atomic mass is 19.4. The van der Waals surface area contributed by atoms with Crippen molar-refractivity contribution in [1.29, 1.82) is 0 Å². The van der Waals surface area contributed by atoms with Gasteiger partial charge in [-0.15, -0.1) is 0 Å². The van der Waals surface area contributed by atoms with Crippen molar-refractivity contribution in [3.8, 4) is 23.2 Å². The average molecular weight is 427 g/mol. The van der Waals surface area contributed by atoms with Gasteiger partial charge in [0.25, 0.3) is 5.91 Å². The first kappa shape index (κ1) is 20.6. The van der Waals surface area contributed by atoms with Crippen LogP contribution < -0.4 is 5.73 Å². The van der Waals surface area contributed by atoms with Crippen LogP contribution in [0.2, 0.25) is 0 Å². The topological polar surface area (TPSA) is 105 Å². The molecule has 10 heteroatoms. The number of rotatable bonds is 2. The van der Waals surface area contributed by atoms with Gasteiger partial charge in [0.1, 0.15) is 12.4 Å². The van der Waals surface area contributed by atoms with Crippen LogP contribution >= 0.6 is 0 Å². The molecule has 1 fully saturated rings. The molecular weight excluding hydrogens is 411 g/mol. The van der Waals surface area contributed by atoms with E-state index in [1.54, 1.807) is 42.7 Å². The lowest BCUT2D eigenvalue weighted by atomic mass is 10.0. The number of benzene rings is 1. The first-order valence-electron chi connectivity index (χ1n) is 9.24. The van der Waals surface area contributed by atoms with E-state index in [-0.39, 0.29) is 18.8 Å². The van der Waals surface area contributed by atoms with E-state index in [2.05, 4.69) is 26.8 Å². The van der Waals surface area contributed by atoms with Gasteiger partial charge in [-0.3, -0.25) is 9.78 Å². The van der Waals surface area contributed by atoms with Crippen LogP contribution in [0.1, 0.15) is 12.0 Å². The highest BCUT2D eigenvalue weighted by Crippen LogP contribution is 2.27. The Morgan fingerprint density at radius 3 is 2.84 bits per heavy atom. The molecule has 1 atom stereocenters. The summed E-state index contributed by atoms with van der Waals surface area (Å²) < 4.78 is 37.7. The minimum Gasteiger partial charge on any atom is -0.383 e. The number of hydrogen-bond donors (Lipinski definition) is 2. The van der Waals surface area contributed by atoms with Crippen molar-refractivity contribution in [1.82, 2.24) is 19.9 Å². The quantitative estimate of drug-likeness (QED) is 0.608. The van der Waals surface area contributed by atoms with E-state index in [0.29, 0.717) is 32.8 Å². The number of aliphatic hydroxyl groups is 1. The van der Waals surface area contributed by atoms with Crippen LogP contribution in [0.25, 0.3) is 22.3 Å². The summed E-state index contributed by atoms with van der Waals surface area (Å²) in [6.45, 7) is -1.64. The van der Waals surface area contributed by atoms with Crippen molar-refractivity contribution in [3.05, 3.63) is 48.3 Å². The number of nitrogen functional groups attached to an aromatic ring is 1. The maximum absolute atomic E-state index is 12.6. The van der Waals surface area contributed by atoms with Crippen molar-refractivity contribution in [2.24, 2.45) is 0 Å². The Bertz CT molecular complexity index is 1230. The maximum Gasteiger partial charge on any atom is 0.406 e. The fraction of sp³-hybridized carbons (Fsp3) is 0.238. The molecule has 4 rings (SSSR count). The lowest BCUT2D eigenvalue weighted by Crippen LogP contribution is -2.42. The van der Waals surface area contributed by atoms with Crippen LogP contribution in [-0.2, 0) is 4.79 Å². The molecule has 0 unspecified atom stereocenters. The number of fused-ring (bicyclic) bond motifs is 1. The molecule has 3 aromatic rings. The summed E-state index contributed by atoms with van der Waals surface area (Å²) >= 11 is 0. The van der Waals surface area contributed by atoms with Gasteiger partial charge < -0.3 is 15.7 Å². The first-order valence-corrected chi connectivity index (χ1v) is 9.24. The summed E-state index contributed by atoms with van der Waals surface area (Å²) in [6.07, 6.45) is -1.59. The van der Waals surface area contributed by atoms with Gasteiger partial charge in [-0.05, 0) is 18.2 Å². The highest BCUT2D eigenvalue weighted by molar-refractivity contribution is 5.91. The number of hydrogen-bond acceptors (Lipinski definition) is 6. The van der Waals surface area contributed by atoms with Crippen LogP contribution in [-0.4, -0.2) is 55.7 Å². The second kappa shape index (κ2) is 7.52. The third kappa shape index (κ3) is 4.27. The van der Waals surface area contributed by atoms with E-state index in [4.69, 9.17) is 5.73 Å². The molecule has 158 valence electrons. The Kier molecular flexibility index (Phi) is 4.99. The summed E-state index contributed by atoms with van der Waals surface area (Å²) in [5.74, 6) is 4.68. The predicted molar refractivity (Wildman–Crippen MR) is 106 cm³/mol. The summed E-state index contributed by atoms with van der Waals surface area (Å²) in [5, 5.41) is 11.1. The predicted octanol–water partition coefficient (Wildman–Crippen LogP) is 2.15. The molecule has 1 amide bonds. The molecule has 0 saturated carbocycles. The van der Waals surface area contributed by atoms with E-state index in [9.17, 15) is 23.1 Å². The first-order chi connectivity index (χ1) is 14.6. The molecule has 7 nitrogen and oxygen atoms in total. The number of nitrogens with zero attached hydrogens (tertiary/aromatic N) is 4. The molecule has 0 spiro atoms. The second-order valence-corrected chi connectivity index (χ2v) is 7.11. The second-order valence-electron chi connectivity index (χ2n) is 7.11. The minimum absolute atomic E-state index is 0.202. The molecule has 1 aliphatic rings. The van der Waals surface area contributed by atoms with Crippen LogP contribution in [0.4, 0.5) is 19.0 Å². The molecule has 1 aliphatic heterocycles. The zero-order chi connectivity index (χ0) is 22.2. The van der Waals surface area contributed by atoms with E-state index in [1.165, 1.54) is 0 Å². The zero-order valence-electron chi connectivity index (χ0n) is 16.0. The number of carbonyl (C=O) groups excluding carboxylic acids is 1. The Labute approximate surface area is 174 Å². The number of anilines is 1. The number of aromatic nitrogens is 3. The van der Waals surface area contributed by atoms with Gasteiger partial charge in [-0.25, -0.2) is 9.97 Å². The smallest absolute Gasteiger partial charge is 0.383 e. The lowest BCUT2D eigenvalue weighted by molar-refractivity contribution is -0.162. The minimum atomic E-state index is -4.54. The fourth-order valence-electron chi connectivity index (χ4n) is 3.30. The van der Waals surface area contributed by atoms with Gasteiger partial charge in [0.15, 0.2) is 5.82 Å². The Morgan fingerprint density at radius 1 is 1.26 bits per heavy atom. The lowest BCUT2D eigenvalue weighted by Gasteiger charge is -2.19. The van der Waals surface area contributed by atoms with Gasteiger partial charge in [0.2, 0.25) is 5.60 Å². The number of amides is 1. The fourth-order valence-corrected chi connectivity index (χ4v) is 3.30. The number of nitrogens with two attached hydrogens (primary N) is 1. The third-order valence-electron chi connectivity index (χ3n) is 4.82. The normalized spacial score (nSPS) is 18.8. The SMILES string of the molecule is Nc1nc(-c2cccc(C#C[C@@]3(O)CCN(CC(F)(F)F)C3=O)c2)nc2cnccc12. The van der Waals surface area contributed by atoms with Gasteiger partial charge in [0, 0.05) is 35.7 Å². The molecule has 0 radical (unpaired) electrons. The number of alkyl halides is 3. The third-order valence-corrected chi connectivity index (χ3v) is 4.82. The van der Waals surface area contributed by atoms with Gasteiger partial charge in [-0.2, -0.15) is 13.2 Å². The summed E-state index contributed by atoms with van der Waals surface area (Å²) in [5.41, 5.74) is 5.43. The largest absolute Gasteiger partial charge is 0.406 e. The van der Waals surface area contributed by atoms with Crippen LogP contribution in [0.15, 0.2) is 42.7 Å². The Hall–Kier alpha value is -3.71. The van der Waals surface area contributed by atoms with E-state index < -0.39 is 24.2 Å². The van der Waals surface area contributed by atoms with Crippen molar-refractivity contribution in [2.75, 3.05) is 18.8 Å². The average Bonchev–Trinajstić information content (AvgIpc) is 3.00. The molecule has 1 aromatic carbocycles. The molecule has 1 saturated heterocycles. The van der Waals surface area contributed by atoms with Crippen molar-refractivity contribution in [3.63, 3.8) is 0 Å². The van der Waals surface area contributed by atoms with Crippen LogP contribution in [0.3, 0.4) is 0 Å². The maximum atomic E-state index is 12.6. The Balaban J connectivity index is 1.61. The van der Waals surface area contributed by atoms with Crippen LogP contribution in [0, 0.1) is 11.8 Å². The molecule has 0 bridgehead atoms. The number of carbonyl (C=O) groups is 1. The van der Waals surface area contributed by atoms with Gasteiger partial charge in [-0.1, -0.05) is 24.0 Å². The molecule has 3 heterocycles. The molecular formula is C21H16F3N5O2.